The molecule has 1 aromatic carbocycles. The molecular formula is C21H21ClN4O3S. The van der Waals surface area contributed by atoms with Gasteiger partial charge in [-0.15, -0.1) is 11.3 Å². The van der Waals surface area contributed by atoms with Crippen molar-refractivity contribution < 1.29 is 9.59 Å². The second-order valence-electron chi connectivity index (χ2n) is 6.50. The van der Waals surface area contributed by atoms with Crippen molar-refractivity contribution in [3.8, 4) is 5.69 Å². The van der Waals surface area contributed by atoms with Crippen LogP contribution in [0.1, 0.15) is 20.0 Å². The number of nitrogens with zero attached hydrogens (tertiary/aromatic N) is 1. The number of aromatic nitrogens is 1. The molecule has 2 aromatic heterocycles. The highest BCUT2D eigenvalue weighted by atomic mass is 35.5. The molecule has 9 heteroatoms. The summed E-state index contributed by atoms with van der Waals surface area (Å²) >= 11 is 7.06. The third-order valence-corrected chi connectivity index (χ3v) is 5.55. The van der Waals surface area contributed by atoms with Crippen LogP contribution in [0.2, 0.25) is 4.34 Å². The third-order valence-electron chi connectivity index (χ3n) is 4.32. The van der Waals surface area contributed by atoms with Gasteiger partial charge in [-0.2, -0.15) is 0 Å². The Morgan fingerprint density at radius 2 is 1.80 bits per heavy atom. The van der Waals surface area contributed by atoms with Crippen LogP contribution in [0.4, 0.5) is 0 Å². The standard InChI is InChI=1S/C21H21ClN4O3S/c1-23-12-15(13-24-21(29)17-9-10-18(22)30-17)25-20(28)14-5-7-16(8-6-14)26-11-3-2-4-19(26)27/h2-11,15,23H,12-13H2,1H3,(H,24,29)(H,25,28). The molecule has 0 fully saturated rings. The number of pyridine rings is 1. The van der Waals surface area contributed by atoms with Gasteiger partial charge in [0.1, 0.15) is 0 Å². The molecule has 0 bridgehead atoms. The summed E-state index contributed by atoms with van der Waals surface area (Å²) in [6.45, 7) is 0.743. The molecule has 3 aromatic rings. The highest BCUT2D eigenvalue weighted by molar-refractivity contribution is 7.17. The molecule has 0 aliphatic heterocycles. The van der Waals surface area contributed by atoms with Gasteiger partial charge in [0.25, 0.3) is 17.4 Å². The minimum Gasteiger partial charge on any atom is -0.349 e. The minimum atomic E-state index is -0.307. The van der Waals surface area contributed by atoms with Gasteiger partial charge in [-0.05, 0) is 49.5 Å². The van der Waals surface area contributed by atoms with Crippen molar-refractivity contribution in [3.05, 3.63) is 85.9 Å². The van der Waals surface area contributed by atoms with Gasteiger partial charge < -0.3 is 16.0 Å². The normalized spacial score (nSPS) is 11.7. The van der Waals surface area contributed by atoms with E-state index in [-0.39, 0.29) is 30.0 Å². The first-order valence-electron chi connectivity index (χ1n) is 9.25. The second kappa shape index (κ2) is 10.2. The molecule has 0 radical (unpaired) electrons. The first kappa shape index (κ1) is 21.8. The first-order chi connectivity index (χ1) is 14.5. The molecule has 1 unspecified atom stereocenters. The molecule has 3 rings (SSSR count). The Morgan fingerprint density at radius 1 is 1.03 bits per heavy atom. The average Bonchev–Trinajstić information content (AvgIpc) is 3.19. The van der Waals surface area contributed by atoms with E-state index in [1.807, 2.05) is 0 Å². The zero-order valence-corrected chi connectivity index (χ0v) is 17.8. The summed E-state index contributed by atoms with van der Waals surface area (Å²) in [5, 5.41) is 8.73. The van der Waals surface area contributed by atoms with E-state index in [1.54, 1.807) is 61.8 Å². The smallest absolute Gasteiger partial charge is 0.261 e. The number of carbonyl (C=O) groups is 2. The van der Waals surface area contributed by atoms with E-state index < -0.39 is 0 Å². The second-order valence-corrected chi connectivity index (χ2v) is 8.21. The summed E-state index contributed by atoms with van der Waals surface area (Å²) in [5.74, 6) is -0.504. The summed E-state index contributed by atoms with van der Waals surface area (Å²) < 4.78 is 2.04. The third kappa shape index (κ3) is 5.56. The lowest BCUT2D eigenvalue weighted by atomic mass is 10.1. The van der Waals surface area contributed by atoms with Crippen LogP contribution >= 0.6 is 22.9 Å². The van der Waals surface area contributed by atoms with Gasteiger partial charge in [-0.1, -0.05) is 17.7 Å². The Balaban J connectivity index is 1.62. The number of thiophene rings is 1. The Hall–Kier alpha value is -2.94. The zero-order valence-electron chi connectivity index (χ0n) is 16.2. The van der Waals surface area contributed by atoms with E-state index in [4.69, 9.17) is 11.6 Å². The van der Waals surface area contributed by atoms with E-state index in [2.05, 4.69) is 16.0 Å². The summed E-state index contributed by atoms with van der Waals surface area (Å²) in [7, 11) is 1.77. The summed E-state index contributed by atoms with van der Waals surface area (Å²) in [4.78, 5) is 37.3. The van der Waals surface area contributed by atoms with Gasteiger partial charge in [0.2, 0.25) is 0 Å². The molecule has 1 atom stereocenters. The maximum absolute atomic E-state index is 12.6. The van der Waals surface area contributed by atoms with Crippen molar-refractivity contribution >= 4 is 34.8 Å². The molecule has 0 saturated carbocycles. The van der Waals surface area contributed by atoms with Crippen LogP contribution in [0.3, 0.4) is 0 Å². The lowest BCUT2D eigenvalue weighted by Gasteiger charge is -2.19. The molecule has 0 saturated heterocycles. The van der Waals surface area contributed by atoms with Crippen molar-refractivity contribution in [1.82, 2.24) is 20.5 Å². The molecule has 0 spiro atoms. The van der Waals surface area contributed by atoms with E-state index >= 15 is 0 Å². The molecule has 7 nitrogen and oxygen atoms in total. The van der Waals surface area contributed by atoms with Crippen LogP contribution in [0.15, 0.2) is 65.6 Å². The maximum atomic E-state index is 12.6. The van der Waals surface area contributed by atoms with Crippen molar-refractivity contribution in [3.63, 3.8) is 0 Å². The summed E-state index contributed by atoms with van der Waals surface area (Å²) in [5.41, 5.74) is 0.984. The van der Waals surface area contributed by atoms with Crippen LogP contribution in [-0.4, -0.2) is 42.6 Å². The highest BCUT2D eigenvalue weighted by Gasteiger charge is 2.16. The summed E-state index contributed by atoms with van der Waals surface area (Å²) in [6, 6.07) is 14.7. The maximum Gasteiger partial charge on any atom is 0.261 e. The van der Waals surface area contributed by atoms with Crippen LogP contribution in [0.5, 0.6) is 0 Å². The molecule has 2 amide bonds. The Kier molecular flexibility index (Phi) is 7.40. The number of hydrogen-bond acceptors (Lipinski definition) is 5. The first-order valence-corrected chi connectivity index (χ1v) is 10.4. The Morgan fingerprint density at radius 3 is 2.43 bits per heavy atom. The number of hydrogen-bond donors (Lipinski definition) is 3. The van der Waals surface area contributed by atoms with Gasteiger partial charge in [-0.25, -0.2) is 0 Å². The molecule has 156 valence electrons. The van der Waals surface area contributed by atoms with Crippen LogP contribution < -0.4 is 21.5 Å². The molecule has 2 heterocycles. The van der Waals surface area contributed by atoms with Crippen molar-refractivity contribution in [1.29, 1.82) is 0 Å². The summed E-state index contributed by atoms with van der Waals surface area (Å²) in [6.07, 6.45) is 1.67. The highest BCUT2D eigenvalue weighted by Crippen LogP contribution is 2.21. The fraction of sp³-hybridized carbons (Fsp3) is 0.190. The number of likely N-dealkylation sites (N-methyl/N-ethyl adjacent to an activating group) is 1. The minimum absolute atomic E-state index is 0.147. The molecule has 30 heavy (non-hydrogen) atoms. The number of benzene rings is 1. The fourth-order valence-corrected chi connectivity index (χ4v) is 3.80. The largest absolute Gasteiger partial charge is 0.349 e. The molecular weight excluding hydrogens is 424 g/mol. The lowest BCUT2D eigenvalue weighted by Crippen LogP contribution is -2.48. The SMILES string of the molecule is CNCC(CNC(=O)c1ccc(Cl)s1)NC(=O)c1ccc(-n2ccccc2=O)cc1. The van der Waals surface area contributed by atoms with Gasteiger partial charge in [0, 0.05) is 36.6 Å². The Labute approximate surface area is 182 Å². The predicted octanol–water partition coefficient (Wildman–Crippen LogP) is 2.30. The van der Waals surface area contributed by atoms with Gasteiger partial charge in [0.05, 0.1) is 15.3 Å². The molecule has 0 aliphatic rings. The van der Waals surface area contributed by atoms with Crippen LogP contribution in [-0.2, 0) is 0 Å². The van der Waals surface area contributed by atoms with Gasteiger partial charge in [0.15, 0.2) is 0 Å². The zero-order chi connectivity index (χ0) is 21.5. The van der Waals surface area contributed by atoms with E-state index in [1.165, 1.54) is 22.0 Å². The average molecular weight is 445 g/mol. The van der Waals surface area contributed by atoms with E-state index in [0.29, 0.717) is 27.0 Å². The van der Waals surface area contributed by atoms with E-state index in [0.717, 1.165) is 0 Å². The number of nitrogens with one attached hydrogen (secondary N) is 3. The topological polar surface area (TPSA) is 92.2 Å². The molecule has 3 N–H and O–H groups in total. The van der Waals surface area contributed by atoms with Crippen LogP contribution in [0.25, 0.3) is 5.69 Å². The lowest BCUT2D eigenvalue weighted by molar-refractivity contribution is 0.0910. The van der Waals surface area contributed by atoms with Gasteiger partial charge >= 0.3 is 0 Å². The number of carbonyl (C=O) groups excluding carboxylic acids is 2. The predicted molar refractivity (Wildman–Crippen MR) is 119 cm³/mol. The number of amides is 2. The van der Waals surface area contributed by atoms with Crippen molar-refractivity contribution in [2.75, 3.05) is 20.1 Å². The Bertz CT molecular complexity index is 1080. The van der Waals surface area contributed by atoms with Crippen molar-refractivity contribution in [2.24, 2.45) is 0 Å². The van der Waals surface area contributed by atoms with Crippen molar-refractivity contribution in [2.45, 2.75) is 6.04 Å². The monoisotopic (exact) mass is 444 g/mol. The van der Waals surface area contributed by atoms with E-state index in [9.17, 15) is 14.4 Å². The fourth-order valence-electron chi connectivity index (χ4n) is 2.84. The molecule has 0 aliphatic carbocycles. The number of halogens is 1. The van der Waals surface area contributed by atoms with Crippen LogP contribution in [0, 0.1) is 0 Å². The quantitative estimate of drug-likeness (QED) is 0.497. The van der Waals surface area contributed by atoms with Gasteiger partial charge in [-0.3, -0.25) is 19.0 Å². The number of rotatable bonds is 8.